The Morgan fingerprint density at radius 3 is 2.74 bits per heavy atom. The minimum Gasteiger partial charge on any atom is -0.396 e. The first kappa shape index (κ1) is 20.1. The fraction of sp³-hybridized carbons (Fsp3) is 0.714. The van der Waals surface area contributed by atoms with Gasteiger partial charge in [0.2, 0.25) is 0 Å². The highest BCUT2D eigenvalue weighted by Gasteiger charge is 2.29. The van der Waals surface area contributed by atoms with Gasteiger partial charge in [-0.05, 0) is 44.2 Å². The number of carbonyl (C=O) groups excluding carboxylic acids is 1. The molecule has 1 amide bonds. The molecule has 1 saturated heterocycles. The topological polar surface area (TPSA) is 68.7 Å². The number of nitrogens with one attached hydrogen (secondary N) is 1. The van der Waals surface area contributed by atoms with Gasteiger partial charge in [0.1, 0.15) is 5.82 Å². The molecule has 6 heteroatoms. The molecular weight excluding hydrogens is 340 g/mol. The van der Waals surface area contributed by atoms with E-state index in [9.17, 15) is 9.90 Å². The van der Waals surface area contributed by atoms with Crippen LogP contribution >= 0.6 is 0 Å². The van der Waals surface area contributed by atoms with Crippen LogP contribution in [-0.2, 0) is 0 Å². The predicted octanol–water partition coefficient (Wildman–Crippen LogP) is 2.28. The average molecular weight is 375 g/mol. The van der Waals surface area contributed by atoms with Crippen LogP contribution in [0.2, 0.25) is 0 Å². The standard InChI is InChI=1S/C21H34N4O2/c1-2-22-21(27)18-8-9-20(23-14-18)25-12-11-24(19(16-25)10-13-26)15-17-6-4-3-5-7-17/h8-9,14,17,19,26H,2-7,10-13,15-16H2,1H3,(H,22,27)/t19-/m1/s1. The summed E-state index contributed by atoms with van der Waals surface area (Å²) in [4.78, 5) is 21.3. The summed E-state index contributed by atoms with van der Waals surface area (Å²) in [5.74, 6) is 1.66. The van der Waals surface area contributed by atoms with Crippen molar-refractivity contribution in [2.45, 2.75) is 51.5 Å². The zero-order chi connectivity index (χ0) is 19.1. The number of piperazine rings is 1. The van der Waals surface area contributed by atoms with Crippen molar-refractivity contribution >= 4 is 11.7 Å². The number of anilines is 1. The summed E-state index contributed by atoms with van der Waals surface area (Å²) in [6, 6.07) is 4.16. The third-order valence-corrected chi connectivity index (χ3v) is 5.96. The van der Waals surface area contributed by atoms with Gasteiger partial charge in [-0.2, -0.15) is 0 Å². The van der Waals surface area contributed by atoms with E-state index in [0.717, 1.165) is 37.8 Å². The van der Waals surface area contributed by atoms with Crippen molar-refractivity contribution in [1.29, 1.82) is 0 Å². The van der Waals surface area contributed by atoms with E-state index >= 15 is 0 Å². The average Bonchev–Trinajstić information content (AvgIpc) is 2.70. The van der Waals surface area contributed by atoms with Crippen LogP contribution in [0.5, 0.6) is 0 Å². The molecule has 0 aromatic carbocycles. The molecule has 1 saturated carbocycles. The van der Waals surface area contributed by atoms with E-state index in [1.165, 1.54) is 38.6 Å². The van der Waals surface area contributed by atoms with Crippen molar-refractivity contribution in [3.05, 3.63) is 23.9 Å². The van der Waals surface area contributed by atoms with Gasteiger partial charge >= 0.3 is 0 Å². The van der Waals surface area contributed by atoms with E-state index < -0.39 is 0 Å². The lowest BCUT2D eigenvalue weighted by Gasteiger charge is -2.43. The summed E-state index contributed by atoms with van der Waals surface area (Å²) < 4.78 is 0. The van der Waals surface area contributed by atoms with Gasteiger partial charge in [0.05, 0.1) is 5.56 Å². The molecule has 1 aromatic rings. The summed E-state index contributed by atoms with van der Waals surface area (Å²) in [5, 5.41) is 12.3. The Morgan fingerprint density at radius 2 is 2.07 bits per heavy atom. The van der Waals surface area contributed by atoms with E-state index in [1.54, 1.807) is 6.20 Å². The Kier molecular flexibility index (Phi) is 7.47. The number of hydrogen-bond donors (Lipinski definition) is 2. The maximum atomic E-state index is 11.9. The molecule has 0 bridgehead atoms. The van der Waals surface area contributed by atoms with Gasteiger partial charge in [-0.15, -0.1) is 0 Å². The second kappa shape index (κ2) is 10.0. The normalized spacial score (nSPS) is 22.0. The molecule has 0 spiro atoms. The highest BCUT2D eigenvalue weighted by molar-refractivity contribution is 5.93. The van der Waals surface area contributed by atoms with Gasteiger partial charge in [0.25, 0.3) is 5.91 Å². The lowest BCUT2D eigenvalue weighted by atomic mass is 9.88. The maximum Gasteiger partial charge on any atom is 0.252 e. The lowest BCUT2D eigenvalue weighted by Crippen LogP contribution is -2.55. The Balaban J connectivity index is 1.60. The van der Waals surface area contributed by atoms with Crippen LogP contribution in [0.4, 0.5) is 5.82 Å². The Bertz CT molecular complexity index is 586. The van der Waals surface area contributed by atoms with Gasteiger partial charge in [-0.25, -0.2) is 4.98 Å². The van der Waals surface area contributed by atoms with Crippen molar-refractivity contribution in [3.8, 4) is 0 Å². The van der Waals surface area contributed by atoms with Crippen molar-refractivity contribution in [2.24, 2.45) is 5.92 Å². The molecule has 0 radical (unpaired) electrons. The molecule has 0 unspecified atom stereocenters. The Morgan fingerprint density at radius 1 is 1.26 bits per heavy atom. The number of amides is 1. The van der Waals surface area contributed by atoms with E-state index in [2.05, 4.69) is 20.1 Å². The van der Waals surface area contributed by atoms with E-state index in [0.29, 0.717) is 18.2 Å². The highest BCUT2D eigenvalue weighted by atomic mass is 16.3. The number of aliphatic hydroxyl groups excluding tert-OH is 1. The first-order valence-electron chi connectivity index (χ1n) is 10.6. The van der Waals surface area contributed by atoms with Crippen LogP contribution in [0.15, 0.2) is 18.3 Å². The molecule has 1 atom stereocenters. The summed E-state index contributed by atoms with van der Waals surface area (Å²) in [5.41, 5.74) is 0.600. The van der Waals surface area contributed by atoms with E-state index in [1.807, 2.05) is 19.1 Å². The third-order valence-electron chi connectivity index (χ3n) is 5.96. The van der Waals surface area contributed by atoms with Crippen LogP contribution in [0.3, 0.4) is 0 Å². The van der Waals surface area contributed by atoms with Crippen LogP contribution in [0.25, 0.3) is 0 Å². The van der Waals surface area contributed by atoms with Crippen LogP contribution in [-0.4, -0.2) is 66.3 Å². The van der Waals surface area contributed by atoms with Gasteiger partial charge in [0.15, 0.2) is 0 Å². The van der Waals surface area contributed by atoms with Crippen LogP contribution in [0.1, 0.15) is 55.8 Å². The van der Waals surface area contributed by atoms with Gasteiger partial charge in [-0.1, -0.05) is 19.3 Å². The highest BCUT2D eigenvalue weighted by Crippen LogP contribution is 2.27. The monoisotopic (exact) mass is 374 g/mol. The summed E-state index contributed by atoms with van der Waals surface area (Å²) >= 11 is 0. The first-order valence-corrected chi connectivity index (χ1v) is 10.6. The number of carbonyl (C=O) groups is 1. The first-order chi connectivity index (χ1) is 13.2. The summed E-state index contributed by atoms with van der Waals surface area (Å²) in [6.07, 6.45) is 9.32. The summed E-state index contributed by atoms with van der Waals surface area (Å²) in [6.45, 7) is 6.77. The lowest BCUT2D eigenvalue weighted by molar-refractivity contribution is 0.0955. The van der Waals surface area contributed by atoms with Crippen LogP contribution < -0.4 is 10.2 Å². The smallest absolute Gasteiger partial charge is 0.252 e. The van der Waals surface area contributed by atoms with Gasteiger partial charge in [-0.3, -0.25) is 9.69 Å². The SMILES string of the molecule is CCNC(=O)c1ccc(N2CCN(CC3CCCCC3)[C@H](CCO)C2)nc1. The molecular formula is C21H34N4O2. The molecule has 1 aliphatic heterocycles. The molecule has 27 heavy (non-hydrogen) atoms. The maximum absolute atomic E-state index is 11.9. The molecule has 6 nitrogen and oxygen atoms in total. The Labute approximate surface area is 163 Å². The van der Waals surface area contributed by atoms with Gasteiger partial charge in [0, 0.05) is 51.6 Å². The number of rotatable bonds is 7. The fourth-order valence-corrected chi connectivity index (χ4v) is 4.44. The minimum atomic E-state index is -0.0768. The van der Waals surface area contributed by atoms with E-state index in [4.69, 9.17) is 0 Å². The van der Waals surface area contributed by atoms with Crippen molar-refractivity contribution in [1.82, 2.24) is 15.2 Å². The number of aromatic nitrogens is 1. The van der Waals surface area contributed by atoms with Crippen molar-refractivity contribution in [3.63, 3.8) is 0 Å². The number of aliphatic hydroxyl groups is 1. The van der Waals surface area contributed by atoms with Crippen LogP contribution in [0, 0.1) is 5.92 Å². The number of nitrogens with zero attached hydrogens (tertiary/aromatic N) is 3. The minimum absolute atomic E-state index is 0.0768. The molecule has 2 heterocycles. The second-order valence-electron chi connectivity index (χ2n) is 7.88. The quantitative estimate of drug-likeness (QED) is 0.766. The zero-order valence-corrected chi connectivity index (χ0v) is 16.6. The number of hydrogen-bond acceptors (Lipinski definition) is 5. The second-order valence-corrected chi connectivity index (χ2v) is 7.88. The van der Waals surface area contributed by atoms with E-state index in [-0.39, 0.29) is 12.5 Å². The van der Waals surface area contributed by atoms with Crippen molar-refractivity contribution < 1.29 is 9.90 Å². The molecule has 1 aliphatic carbocycles. The largest absolute Gasteiger partial charge is 0.396 e. The third kappa shape index (κ3) is 5.42. The summed E-state index contributed by atoms with van der Waals surface area (Å²) in [7, 11) is 0. The zero-order valence-electron chi connectivity index (χ0n) is 16.6. The molecule has 2 aliphatic rings. The molecule has 150 valence electrons. The fourth-order valence-electron chi connectivity index (χ4n) is 4.44. The number of pyridine rings is 1. The molecule has 2 N–H and O–H groups in total. The molecule has 1 aromatic heterocycles. The predicted molar refractivity (Wildman–Crippen MR) is 108 cm³/mol. The van der Waals surface area contributed by atoms with Gasteiger partial charge < -0.3 is 15.3 Å². The Hall–Kier alpha value is -1.66. The molecule has 2 fully saturated rings. The van der Waals surface area contributed by atoms with Crippen molar-refractivity contribution in [2.75, 3.05) is 44.2 Å². The molecule has 3 rings (SSSR count).